The lowest BCUT2D eigenvalue weighted by molar-refractivity contribution is 0.578. The number of hydrogen-bond acceptors (Lipinski definition) is 1. The summed E-state index contributed by atoms with van der Waals surface area (Å²) in [7, 11) is -1.31. The third-order valence-corrected chi connectivity index (χ3v) is 4.53. The van der Waals surface area contributed by atoms with E-state index < -0.39 is 7.42 Å². The first-order chi connectivity index (χ1) is 6.77. The quantitative estimate of drug-likeness (QED) is 0.359. The van der Waals surface area contributed by atoms with Crippen molar-refractivity contribution in [2.45, 2.75) is 57.4 Å². The molecule has 0 rings (SSSR count). The van der Waals surface area contributed by atoms with Crippen LogP contribution < -0.4 is 5.73 Å². The smallest absolute Gasteiger partial charge is 0.237 e. The summed E-state index contributed by atoms with van der Waals surface area (Å²) in [6, 6.07) is 1.08. The van der Waals surface area contributed by atoms with Crippen molar-refractivity contribution in [3.8, 4) is 0 Å². The molecule has 0 aliphatic carbocycles. The van der Waals surface area contributed by atoms with Gasteiger partial charge >= 0.3 is 0 Å². The van der Waals surface area contributed by atoms with E-state index in [9.17, 15) is 0 Å². The highest BCUT2D eigenvalue weighted by Gasteiger charge is 2.00. The van der Waals surface area contributed by atoms with Gasteiger partial charge in [0.1, 0.15) is 0 Å². The molecule has 0 atom stereocenters. The van der Waals surface area contributed by atoms with E-state index in [1.165, 1.54) is 51.4 Å². The molecule has 86 valence electrons. The predicted molar refractivity (Wildman–Crippen MR) is 69.7 cm³/mol. The fourth-order valence-electron chi connectivity index (χ4n) is 1.50. The van der Waals surface area contributed by atoms with Gasteiger partial charge in [-0.15, -0.1) is 0 Å². The second-order valence-electron chi connectivity index (χ2n) is 3.80. The number of nitrogens with two attached hydrogens (primary N) is 1. The molecule has 0 fully saturated rings. The average Bonchev–Trinajstić information content (AvgIpc) is 2.15. The van der Waals surface area contributed by atoms with Crippen molar-refractivity contribution in [3.63, 3.8) is 0 Å². The lowest BCUT2D eigenvalue weighted by Crippen LogP contribution is -1.97. The van der Waals surface area contributed by atoms with Gasteiger partial charge in [0, 0.05) is 0 Å². The molecule has 14 heavy (non-hydrogen) atoms. The molecule has 4 heteroatoms. The van der Waals surface area contributed by atoms with Crippen LogP contribution in [0.2, 0.25) is 6.04 Å². The SMILES string of the molecule is NCCCCCCCCCC[SiH](Cl)Cl. The predicted octanol–water partition coefficient (Wildman–Crippen LogP) is 3.76. The van der Waals surface area contributed by atoms with Gasteiger partial charge in [-0.3, -0.25) is 0 Å². The van der Waals surface area contributed by atoms with Gasteiger partial charge in [0.25, 0.3) is 0 Å². The van der Waals surface area contributed by atoms with Crippen LogP contribution in [0.3, 0.4) is 0 Å². The van der Waals surface area contributed by atoms with E-state index in [-0.39, 0.29) is 0 Å². The Balaban J connectivity index is 2.85. The number of halogens is 2. The van der Waals surface area contributed by atoms with Crippen molar-refractivity contribution in [3.05, 3.63) is 0 Å². The van der Waals surface area contributed by atoms with E-state index in [1.54, 1.807) is 0 Å². The van der Waals surface area contributed by atoms with E-state index in [1.807, 2.05) is 0 Å². The molecule has 0 radical (unpaired) electrons. The Hall–Kier alpha value is 0.757. The van der Waals surface area contributed by atoms with Crippen LogP contribution in [0, 0.1) is 0 Å². The van der Waals surface area contributed by atoms with Crippen molar-refractivity contribution >= 4 is 29.6 Å². The highest BCUT2D eigenvalue weighted by Crippen LogP contribution is 2.13. The summed E-state index contributed by atoms with van der Waals surface area (Å²) in [5.41, 5.74) is 5.42. The topological polar surface area (TPSA) is 26.0 Å². The zero-order valence-electron chi connectivity index (χ0n) is 8.98. The summed E-state index contributed by atoms with van der Waals surface area (Å²) < 4.78 is 0. The molecule has 0 spiro atoms. The molecule has 0 saturated carbocycles. The molecule has 0 saturated heterocycles. The molecule has 0 aliphatic rings. The summed E-state index contributed by atoms with van der Waals surface area (Å²) >= 11 is 11.5. The monoisotopic (exact) mass is 255 g/mol. The zero-order valence-corrected chi connectivity index (χ0v) is 11.6. The maximum Gasteiger partial charge on any atom is 0.237 e. The summed E-state index contributed by atoms with van der Waals surface area (Å²) in [6.07, 6.45) is 10.4. The van der Waals surface area contributed by atoms with Gasteiger partial charge in [-0.2, -0.15) is 22.2 Å². The van der Waals surface area contributed by atoms with E-state index in [0.717, 1.165) is 12.6 Å². The molecule has 0 aromatic heterocycles. The van der Waals surface area contributed by atoms with Crippen LogP contribution in [0.15, 0.2) is 0 Å². The number of rotatable bonds is 10. The minimum atomic E-state index is -1.31. The van der Waals surface area contributed by atoms with Crippen molar-refractivity contribution in [2.24, 2.45) is 5.73 Å². The molecular weight excluding hydrogens is 233 g/mol. The van der Waals surface area contributed by atoms with E-state index in [0.29, 0.717) is 0 Å². The highest BCUT2D eigenvalue weighted by molar-refractivity contribution is 7.33. The Labute approximate surface area is 99.4 Å². The normalized spacial score (nSPS) is 11.1. The largest absolute Gasteiger partial charge is 0.330 e. The molecule has 0 aromatic carbocycles. The molecular formula is C10H23Cl2NSi. The maximum absolute atomic E-state index is 5.77. The molecule has 1 nitrogen and oxygen atoms in total. The first-order valence-electron chi connectivity index (χ1n) is 5.75. The van der Waals surface area contributed by atoms with Crippen LogP contribution in [0.25, 0.3) is 0 Å². The van der Waals surface area contributed by atoms with Crippen LogP contribution in [-0.2, 0) is 0 Å². The zero-order chi connectivity index (χ0) is 10.6. The average molecular weight is 256 g/mol. The van der Waals surface area contributed by atoms with Crippen LogP contribution >= 0.6 is 22.2 Å². The molecule has 0 aliphatic heterocycles. The molecule has 0 aromatic rings. The molecule has 2 N–H and O–H groups in total. The van der Waals surface area contributed by atoms with Crippen molar-refractivity contribution < 1.29 is 0 Å². The Kier molecular flexibility index (Phi) is 12.5. The number of unbranched alkanes of at least 4 members (excludes halogenated alkanes) is 7. The maximum atomic E-state index is 5.77. The fourth-order valence-corrected chi connectivity index (χ4v) is 3.03. The van der Waals surface area contributed by atoms with Gasteiger partial charge in [0.2, 0.25) is 7.42 Å². The van der Waals surface area contributed by atoms with Gasteiger partial charge in [0.15, 0.2) is 0 Å². The Morgan fingerprint density at radius 2 is 1.14 bits per heavy atom. The van der Waals surface area contributed by atoms with E-state index in [4.69, 9.17) is 27.9 Å². The van der Waals surface area contributed by atoms with Crippen molar-refractivity contribution in [1.29, 1.82) is 0 Å². The van der Waals surface area contributed by atoms with Gasteiger partial charge in [0.05, 0.1) is 0 Å². The lowest BCUT2D eigenvalue weighted by atomic mass is 10.1. The highest BCUT2D eigenvalue weighted by atomic mass is 35.7. The van der Waals surface area contributed by atoms with Gasteiger partial charge < -0.3 is 5.73 Å². The lowest BCUT2D eigenvalue weighted by Gasteiger charge is -2.01. The van der Waals surface area contributed by atoms with Crippen LogP contribution in [0.4, 0.5) is 0 Å². The fraction of sp³-hybridized carbons (Fsp3) is 1.00. The van der Waals surface area contributed by atoms with Crippen molar-refractivity contribution in [2.75, 3.05) is 6.54 Å². The Morgan fingerprint density at radius 3 is 1.57 bits per heavy atom. The molecule has 0 heterocycles. The molecule has 0 bridgehead atoms. The third kappa shape index (κ3) is 12.8. The summed E-state index contributed by atoms with van der Waals surface area (Å²) in [6.45, 7) is 0.845. The Bertz CT molecular complexity index is 112. The first-order valence-corrected chi connectivity index (χ1v) is 10.1. The summed E-state index contributed by atoms with van der Waals surface area (Å²) in [5, 5.41) is 0. The Morgan fingerprint density at radius 1 is 0.714 bits per heavy atom. The third-order valence-electron chi connectivity index (χ3n) is 2.38. The van der Waals surface area contributed by atoms with Crippen LogP contribution in [-0.4, -0.2) is 14.0 Å². The molecule has 0 amide bonds. The van der Waals surface area contributed by atoms with Crippen LogP contribution in [0.1, 0.15) is 51.4 Å². The van der Waals surface area contributed by atoms with Crippen molar-refractivity contribution in [1.82, 2.24) is 0 Å². The minimum Gasteiger partial charge on any atom is -0.330 e. The second-order valence-corrected chi connectivity index (χ2v) is 8.99. The van der Waals surface area contributed by atoms with Gasteiger partial charge in [-0.05, 0) is 19.0 Å². The second kappa shape index (κ2) is 11.8. The first kappa shape index (κ1) is 14.8. The van der Waals surface area contributed by atoms with Crippen LogP contribution in [0.5, 0.6) is 0 Å². The summed E-state index contributed by atoms with van der Waals surface area (Å²) in [4.78, 5) is 0. The van der Waals surface area contributed by atoms with E-state index in [2.05, 4.69) is 0 Å². The molecule has 0 unspecified atom stereocenters. The standard InChI is InChI=1S/C10H23Cl2NSi/c11-14(12)10-8-6-4-2-1-3-5-7-9-13/h14H,1-10,13H2. The van der Waals surface area contributed by atoms with Gasteiger partial charge in [-0.1, -0.05) is 44.9 Å². The van der Waals surface area contributed by atoms with E-state index >= 15 is 0 Å². The van der Waals surface area contributed by atoms with Gasteiger partial charge in [-0.25, -0.2) is 0 Å². The number of hydrogen-bond donors (Lipinski definition) is 1. The minimum absolute atomic E-state index is 0.845. The summed E-state index contributed by atoms with van der Waals surface area (Å²) in [5.74, 6) is 0.